The third kappa shape index (κ3) is 4.87. The molecule has 0 aliphatic carbocycles. The molecule has 0 aliphatic rings. The van der Waals surface area contributed by atoms with E-state index in [-0.39, 0.29) is 12.5 Å². The largest absolute Gasteiger partial charge is 0.493 e. The topological polar surface area (TPSA) is 47.6 Å². The van der Waals surface area contributed by atoms with E-state index in [0.717, 1.165) is 12.0 Å². The van der Waals surface area contributed by atoms with Crippen molar-refractivity contribution in [3.8, 4) is 11.5 Å². The lowest BCUT2D eigenvalue weighted by molar-refractivity contribution is -0.122. The van der Waals surface area contributed by atoms with Gasteiger partial charge in [-0.15, -0.1) is 13.2 Å². The summed E-state index contributed by atoms with van der Waals surface area (Å²) in [6.45, 7) is 7.59. The summed E-state index contributed by atoms with van der Waals surface area (Å²) in [5.41, 5.74) is 1.08. The predicted molar refractivity (Wildman–Crippen MR) is 75.6 cm³/mol. The summed E-state index contributed by atoms with van der Waals surface area (Å²) in [6.07, 6.45) is 4.19. The smallest absolute Gasteiger partial charge is 0.258 e. The van der Waals surface area contributed by atoms with Crippen molar-refractivity contribution in [1.29, 1.82) is 0 Å². The van der Waals surface area contributed by atoms with Crippen LogP contribution >= 0.6 is 0 Å². The van der Waals surface area contributed by atoms with E-state index in [1.807, 2.05) is 18.2 Å². The summed E-state index contributed by atoms with van der Waals surface area (Å²) >= 11 is 0. The molecule has 1 N–H and O–H groups in total. The normalized spacial score (nSPS) is 9.53. The third-order valence-corrected chi connectivity index (χ3v) is 2.41. The van der Waals surface area contributed by atoms with Gasteiger partial charge in [-0.3, -0.25) is 4.79 Å². The number of methoxy groups -OCH3 is 1. The van der Waals surface area contributed by atoms with Crippen molar-refractivity contribution in [2.45, 2.75) is 6.42 Å². The summed E-state index contributed by atoms with van der Waals surface area (Å²) < 4.78 is 10.7. The van der Waals surface area contributed by atoms with E-state index in [2.05, 4.69) is 18.5 Å². The summed E-state index contributed by atoms with van der Waals surface area (Å²) in [6, 6.07) is 5.58. The molecule has 4 heteroatoms. The van der Waals surface area contributed by atoms with Gasteiger partial charge in [-0.2, -0.15) is 0 Å². The van der Waals surface area contributed by atoms with E-state index in [0.29, 0.717) is 18.0 Å². The Labute approximate surface area is 113 Å². The average Bonchev–Trinajstić information content (AvgIpc) is 2.43. The lowest BCUT2D eigenvalue weighted by Crippen LogP contribution is -2.28. The molecule has 1 aromatic carbocycles. The van der Waals surface area contributed by atoms with Crippen LogP contribution < -0.4 is 14.8 Å². The molecule has 0 saturated carbocycles. The zero-order valence-electron chi connectivity index (χ0n) is 11.1. The molecule has 0 fully saturated rings. The lowest BCUT2D eigenvalue weighted by Gasteiger charge is -2.11. The summed E-state index contributed by atoms with van der Waals surface area (Å²) in [5.74, 6) is 0.956. The number of hydrogen-bond donors (Lipinski definition) is 1. The van der Waals surface area contributed by atoms with Crippen LogP contribution in [0.3, 0.4) is 0 Å². The standard InChI is InChI=1S/C15H19NO3/c1-4-6-12-7-8-13(14(10-12)18-3)19-11-15(17)16-9-5-2/h4-5,7-8,10H,1-2,6,9,11H2,3H3,(H,16,17). The fourth-order valence-electron chi connectivity index (χ4n) is 1.51. The van der Waals surface area contributed by atoms with Crippen molar-refractivity contribution in [3.63, 3.8) is 0 Å². The van der Waals surface area contributed by atoms with Crippen LogP contribution in [0.2, 0.25) is 0 Å². The minimum absolute atomic E-state index is 0.0506. The van der Waals surface area contributed by atoms with E-state index < -0.39 is 0 Å². The van der Waals surface area contributed by atoms with Crippen LogP contribution in [0, 0.1) is 0 Å². The van der Waals surface area contributed by atoms with E-state index >= 15 is 0 Å². The number of amides is 1. The molecule has 4 nitrogen and oxygen atoms in total. The average molecular weight is 261 g/mol. The number of benzene rings is 1. The number of carbonyl (C=O) groups is 1. The molecule has 0 aromatic heterocycles. The van der Waals surface area contributed by atoms with E-state index in [1.165, 1.54) is 0 Å². The summed E-state index contributed by atoms with van der Waals surface area (Å²) in [4.78, 5) is 11.4. The van der Waals surface area contributed by atoms with Crippen LogP contribution in [-0.2, 0) is 11.2 Å². The highest BCUT2D eigenvalue weighted by molar-refractivity contribution is 5.77. The molecule has 1 rings (SSSR count). The van der Waals surface area contributed by atoms with Crippen molar-refractivity contribution in [1.82, 2.24) is 5.32 Å². The molecule has 0 aliphatic heterocycles. The van der Waals surface area contributed by atoms with Crippen LogP contribution in [0.15, 0.2) is 43.5 Å². The van der Waals surface area contributed by atoms with Gasteiger partial charge in [0, 0.05) is 6.54 Å². The molecule has 0 radical (unpaired) electrons. The maximum atomic E-state index is 11.4. The number of hydrogen-bond acceptors (Lipinski definition) is 3. The molecule has 1 amide bonds. The fourth-order valence-corrected chi connectivity index (χ4v) is 1.51. The minimum Gasteiger partial charge on any atom is -0.493 e. The first-order chi connectivity index (χ1) is 9.21. The highest BCUT2D eigenvalue weighted by Gasteiger charge is 2.07. The first-order valence-corrected chi connectivity index (χ1v) is 5.99. The molecule has 19 heavy (non-hydrogen) atoms. The van der Waals surface area contributed by atoms with Crippen molar-refractivity contribution in [3.05, 3.63) is 49.1 Å². The first-order valence-electron chi connectivity index (χ1n) is 5.99. The molecule has 0 heterocycles. The Morgan fingerprint density at radius 2 is 2.11 bits per heavy atom. The van der Waals surface area contributed by atoms with Gasteiger partial charge >= 0.3 is 0 Å². The highest BCUT2D eigenvalue weighted by atomic mass is 16.5. The maximum absolute atomic E-state index is 11.4. The number of ether oxygens (including phenoxy) is 2. The maximum Gasteiger partial charge on any atom is 0.258 e. The van der Waals surface area contributed by atoms with Crippen LogP contribution in [0.5, 0.6) is 11.5 Å². The molecular formula is C15H19NO3. The van der Waals surface area contributed by atoms with E-state index in [1.54, 1.807) is 19.3 Å². The van der Waals surface area contributed by atoms with Gasteiger partial charge in [-0.1, -0.05) is 18.2 Å². The number of nitrogens with one attached hydrogen (secondary N) is 1. The van der Waals surface area contributed by atoms with Gasteiger partial charge in [0.2, 0.25) is 0 Å². The van der Waals surface area contributed by atoms with Crippen molar-refractivity contribution < 1.29 is 14.3 Å². The Balaban J connectivity index is 2.64. The van der Waals surface area contributed by atoms with Crippen molar-refractivity contribution in [2.75, 3.05) is 20.3 Å². The number of carbonyl (C=O) groups excluding carboxylic acids is 1. The van der Waals surface area contributed by atoms with Gasteiger partial charge in [-0.05, 0) is 24.1 Å². The quantitative estimate of drug-likeness (QED) is 0.729. The van der Waals surface area contributed by atoms with Gasteiger partial charge in [0.1, 0.15) is 0 Å². The van der Waals surface area contributed by atoms with Crippen molar-refractivity contribution in [2.24, 2.45) is 0 Å². The molecule has 102 valence electrons. The van der Waals surface area contributed by atoms with Gasteiger partial charge in [0.25, 0.3) is 5.91 Å². The van der Waals surface area contributed by atoms with Gasteiger partial charge in [0.15, 0.2) is 18.1 Å². The monoisotopic (exact) mass is 261 g/mol. The van der Waals surface area contributed by atoms with Crippen LogP contribution in [0.1, 0.15) is 5.56 Å². The summed E-state index contributed by atoms with van der Waals surface area (Å²) in [7, 11) is 1.57. The molecule has 0 saturated heterocycles. The Bertz CT molecular complexity index is 455. The Morgan fingerprint density at radius 3 is 2.74 bits per heavy atom. The Kier molecular flexibility index (Phi) is 6.22. The third-order valence-electron chi connectivity index (χ3n) is 2.41. The van der Waals surface area contributed by atoms with Crippen LogP contribution in [0.4, 0.5) is 0 Å². The highest BCUT2D eigenvalue weighted by Crippen LogP contribution is 2.28. The number of allylic oxidation sites excluding steroid dienone is 1. The zero-order chi connectivity index (χ0) is 14.1. The van der Waals surface area contributed by atoms with E-state index in [4.69, 9.17) is 9.47 Å². The molecular weight excluding hydrogens is 242 g/mol. The number of rotatable bonds is 8. The van der Waals surface area contributed by atoms with Gasteiger partial charge < -0.3 is 14.8 Å². The first kappa shape index (κ1) is 14.8. The summed E-state index contributed by atoms with van der Waals surface area (Å²) in [5, 5.41) is 2.64. The predicted octanol–water partition coefficient (Wildman–Crippen LogP) is 2.10. The van der Waals surface area contributed by atoms with E-state index in [9.17, 15) is 4.79 Å². The Morgan fingerprint density at radius 1 is 1.32 bits per heavy atom. The van der Waals surface area contributed by atoms with Crippen LogP contribution in [-0.4, -0.2) is 26.2 Å². The zero-order valence-corrected chi connectivity index (χ0v) is 11.1. The van der Waals surface area contributed by atoms with Crippen molar-refractivity contribution >= 4 is 5.91 Å². The fraction of sp³-hybridized carbons (Fsp3) is 0.267. The minimum atomic E-state index is -0.197. The second kappa shape index (κ2) is 7.97. The molecule has 0 bridgehead atoms. The SMILES string of the molecule is C=CCNC(=O)COc1ccc(CC=C)cc1OC. The Hall–Kier alpha value is -2.23. The molecule has 0 unspecified atom stereocenters. The molecule has 1 aromatic rings. The second-order valence-corrected chi connectivity index (χ2v) is 3.86. The van der Waals surface area contributed by atoms with Gasteiger partial charge in [0.05, 0.1) is 7.11 Å². The second-order valence-electron chi connectivity index (χ2n) is 3.86. The molecule has 0 spiro atoms. The van der Waals surface area contributed by atoms with Gasteiger partial charge in [-0.25, -0.2) is 0 Å². The molecule has 0 atom stereocenters. The lowest BCUT2D eigenvalue weighted by atomic mass is 10.1. The van der Waals surface area contributed by atoms with Crippen LogP contribution in [0.25, 0.3) is 0 Å².